The zero-order valence-corrected chi connectivity index (χ0v) is 18.3. The van der Waals surface area contributed by atoms with Gasteiger partial charge in [0, 0.05) is 34.6 Å². The Morgan fingerprint density at radius 2 is 1.94 bits per heavy atom. The molecule has 1 aliphatic heterocycles. The van der Waals surface area contributed by atoms with Crippen molar-refractivity contribution in [3.8, 4) is 17.6 Å². The molecule has 1 aliphatic carbocycles. The third-order valence-corrected chi connectivity index (χ3v) is 6.23. The summed E-state index contributed by atoms with van der Waals surface area (Å²) in [5.74, 6) is 6.18. The molecule has 2 aliphatic rings. The zero-order chi connectivity index (χ0) is 22.2. The van der Waals surface area contributed by atoms with Crippen LogP contribution < -0.4 is 15.0 Å². The predicted octanol–water partition coefficient (Wildman–Crippen LogP) is 5.83. The second-order valence-corrected chi connectivity index (χ2v) is 8.44. The van der Waals surface area contributed by atoms with Gasteiger partial charge in [-0.15, -0.1) is 11.6 Å². The van der Waals surface area contributed by atoms with Crippen LogP contribution >= 0.6 is 23.2 Å². The van der Waals surface area contributed by atoms with Crippen LogP contribution in [0.5, 0.6) is 5.75 Å². The van der Waals surface area contributed by atoms with Crippen molar-refractivity contribution in [3.05, 3.63) is 58.1 Å². The summed E-state index contributed by atoms with van der Waals surface area (Å²) in [6, 6.07) is 10.4. The lowest BCUT2D eigenvalue weighted by Gasteiger charge is -2.43. The third-order valence-electron chi connectivity index (χ3n) is 5.59. The molecule has 1 atom stereocenters. The highest BCUT2D eigenvalue weighted by molar-refractivity contribution is 6.32. The van der Waals surface area contributed by atoms with Gasteiger partial charge in [-0.1, -0.05) is 35.6 Å². The molecule has 0 amide bonds. The van der Waals surface area contributed by atoms with E-state index in [2.05, 4.69) is 17.2 Å². The van der Waals surface area contributed by atoms with Gasteiger partial charge in [0.15, 0.2) is 0 Å². The van der Waals surface area contributed by atoms with E-state index >= 15 is 0 Å². The van der Waals surface area contributed by atoms with Crippen molar-refractivity contribution in [3.63, 3.8) is 0 Å². The van der Waals surface area contributed by atoms with Gasteiger partial charge >= 0.3 is 6.18 Å². The van der Waals surface area contributed by atoms with Crippen molar-refractivity contribution in [2.45, 2.75) is 37.0 Å². The van der Waals surface area contributed by atoms with Gasteiger partial charge in [0.2, 0.25) is 5.54 Å². The lowest BCUT2D eigenvalue weighted by atomic mass is 9.85. The maximum absolute atomic E-state index is 14.4. The molecule has 2 aromatic carbocycles. The summed E-state index contributed by atoms with van der Waals surface area (Å²) < 4.78 is 48.5. The average Bonchev–Trinajstić information content (AvgIpc) is 3.57. The molecule has 1 fully saturated rings. The standard InChI is InChI=1S/C23H21Cl2F3N2O/c1-31-18-6-4-16(5-7-18)13-30-14-29-22(23(26,27)28,9-8-15-2-3-15)19-11-20(25)17(12-24)10-21(19)30/h4-7,10-11,15,29H,2-3,12-14H2,1H3. The Hall–Kier alpha value is -2.07. The Bertz CT molecular complexity index is 1030. The van der Waals surface area contributed by atoms with Gasteiger partial charge in [0.05, 0.1) is 13.8 Å². The normalized spacial score (nSPS) is 20.6. The van der Waals surface area contributed by atoms with E-state index in [-0.39, 0.29) is 29.1 Å². The molecule has 0 spiro atoms. The number of methoxy groups -OCH3 is 1. The highest BCUT2D eigenvalue weighted by Gasteiger charge is 2.58. The summed E-state index contributed by atoms with van der Waals surface area (Å²) in [5.41, 5.74) is -0.534. The first-order valence-corrected chi connectivity index (χ1v) is 10.8. The Morgan fingerprint density at radius 3 is 2.52 bits per heavy atom. The Morgan fingerprint density at radius 1 is 1.23 bits per heavy atom. The number of halogens is 5. The maximum atomic E-state index is 14.4. The van der Waals surface area contributed by atoms with Gasteiger partial charge in [0.25, 0.3) is 0 Å². The van der Waals surface area contributed by atoms with Crippen LogP contribution in [0.1, 0.15) is 29.5 Å². The number of rotatable bonds is 4. The second kappa shape index (κ2) is 8.46. The van der Waals surface area contributed by atoms with Crippen LogP contribution in [0, 0.1) is 17.8 Å². The van der Waals surface area contributed by atoms with Crippen molar-refractivity contribution in [1.29, 1.82) is 0 Å². The smallest absolute Gasteiger partial charge is 0.422 e. The van der Waals surface area contributed by atoms with E-state index in [1.165, 1.54) is 6.07 Å². The fraction of sp³-hybridized carbons (Fsp3) is 0.391. The number of nitrogens with zero attached hydrogens (tertiary/aromatic N) is 1. The SMILES string of the molecule is COc1ccc(CN2CNC(C#CC3CC3)(C(F)(F)F)c3cc(Cl)c(CCl)cc32)cc1. The Balaban J connectivity index is 1.80. The van der Waals surface area contributed by atoms with E-state index < -0.39 is 11.7 Å². The topological polar surface area (TPSA) is 24.5 Å². The highest BCUT2D eigenvalue weighted by Crippen LogP contribution is 2.47. The number of ether oxygens (including phenoxy) is 1. The van der Waals surface area contributed by atoms with Gasteiger partial charge in [-0.3, -0.25) is 5.32 Å². The monoisotopic (exact) mass is 468 g/mol. The van der Waals surface area contributed by atoms with Crippen LogP contribution in [-0.2, 0) is 18.0 Å². The molecule has 0 bridgehead atoms. The number of alkyl halides is 4. The molecule has 4 rings (SSSR count). The fourth-order valence-electron chi connectivity index (χ4n) is 3.63. The van der Waals surface area contributed by atoms with Gasteiger partial charge in [-0.25, -0.2) is 0 Å². The van der Waals surface area contributed by atoms with Crippen LogP contribution in [0.4, 0.5) is 18.9 Å². The van der Waals surface area contributed by atoms with E-state index in [1.807, 2.05) is 29.2 Å². The highest BCUT2D eigenvalue weighted by atomic mass is 35.5. The number of nitrogens with one attached hydrogen (secondary N) is 1. The molecule has 0 aromatic heterocycles. The molecule has 0 radical (unpaired) electrons. The van der Waals surface area contributed by atoms with Gasteiger partial charge in [-0.05, 0) is 48.2 Å². The van der Waals surface area contributed by atoms with Crippen LogP contribution in [0.25, 0.3) is 0 Å². The minimum atomic E-state index is -4.62. The Kier molecular flexibility index (Phi) is 6.04. The van der Waals surface area contributed by atoms with E-state index in [4.69, 9.17) is 27.9 Å². The van der Waals surface area contributed by atoms with Crippen molar-refractivity contribution in [2.75, 3.05) is 18.7 Å². The number of hydrogen-bond donors (Lipinski definition) is 1. The van der Waals surface area contributed by atoms with E-state index in [1.54, 1.807) is 13.2 Å². The third kappa shape index (κ3) is 4.32. The van der Waals surface area contributed by atoms with Gasteiger partial charge < -0.3 is 9.64 Å². The molecule has 3 nitrogen and oxygen atoms in total. The zero-order valence-electron chi connectivity index (χ0n) is 16.8. The Labute approximate surface area is 189 Å². The molecule has 1 N–H and O–H groups in total. The van der Waals surface area contributed by atoms with Crippen LogP contribution in [0.2, 0.25) is 5.02 Å². The molecule has 8 heteroatoms. The number of benzene rings is 2. The minimum Gasteiger partial charge on any atom is -0.497 e. The largest absolute Gasteiger partial charge is 0.497 e. The van der Waals surface area contributed by atoms with Crippen molar-refractivity contribution in [1.82, 2.24) is 5.32 Å². The predicted molar refractivity (Wildman–Crippen MR) is 116 cm³/mol. The first-order chi connectivity index (χ1) is 14.8. The number of fused-ring (bicyclic) bond motifs is 1. The quantitative estimate of drug-likeness (QED) is 0.451. The molecule has 1 heterocycles. The van der Waals surface area contributed by atoms with Crippen LogP contribution in [0.3, 0.4) is 0 Å². The summed E-state index contributed by atoms with van der Waals surface area (Å²) in [6.45, 7) is 0.374. The number of anilines is 1. The average molecular weight is 469 g/mol. The maximum Gasteiger partial charge on any atom is 0.422 e. The van der Waals surface area contributed by atoms with Crippen molar-refractivity contribution < 1.29 is 17.9 Å². The molecule has 1 unspecified atom stereocenters. The first-order valence-electron chi connectivity index (χ1n) is 9.88. The molecule has 0 saturated heterocycles. The van der Waals surface area contributed by atoms with Crippen LogP contribution in [0.15, 0.2) is 36.4 Å². The van der Waals surface area contributed by atoms with Gasteiger partial charge in [-0.2, -0.15) is 13.2 Å². The minimum absolute atomic E-state index is 0.00628. The first kappa shape index (κ1) is 22.1. The summed E-state index contributed by atoms with van der Waals surface area (Å²) >= 11 is 12.3. The van der Waals surface area contributed by atoms with Crippen LogP contribution in [-0.4, -0.2) is 20.0 Å². The summed E-state index contributed by atoms with van der Waals surface area (Å²) in [6.07, 6.45) is -2.95. The lowest BCUT2D eigenvalue weighted by molar-refractivity contribution is -0.182. The summed E-state index contributed by atoms with van der Waals surface area (Å²) in [5, 5.41) is 2.88. The van der Waals surface area contributed by atoms with Crippen molar-refractivity contribution >= 4 is 28.9 Å². The molecule has 31 heavy (non-hydrogen) atoms. The molecule has 2 aromatic rings. The lowest BCUT2D eigenvalue weighted by Crippen LogP contribution is -2.59. The van der Waals surface area contributed by atoms with Crippen molar-refractivity contribution in [2.24, 2.45) is 5.92 Å². The van der Waals surface area contributed by atoms with E-state index in [9.17, 15) is 13.2 Å². The molecule has 1 saturated carbocycles. The molecule has 164 valence electrons. The summed E-state index contributed by atoms with van der Waals surface area (Å²) in [4.78, 5) is 1.84. The molecular weight excluding hydrogens is 448 g/mol. The van der Waals surface area contributed by atoms with E-state index in [0.29, 0.717) is 23.5 Å². The summed E-state index contributed by atoms with van der Waals surface area (Å²) in [7, 11) is 1.58. The molecular formula is C23H21Cl2F3N2O. The van der Waals surface area contributed by atoms with Gasteiger partial charge in [0.1, 0.15) is 5.75 Å². The number of hydrogen-bond acceptors (Lipinski definition) is 3. The van der Waals surface area contributed by atoms with E-state index in [0.717, 1.165) is 18.4 Å². The second-order valence-electron chi connectivity index (χ2n) is 7.77. The fourth-order valence-corrected chi connectivity index (χ4v) is 4.15.